The quantitative estimate of drug-likeness (QED) is 0.402. The molecule has 1 aliphatic carbocycles. The van der Waals surface area contributed by atoms with Crippen LogP contribution in [0, 0.1) is 11.8 Å². The molecule has 7 heteroatoms. The molecule has 1 fully saturated rings. The minimum atomic E-state index is -0.208. The van der Waals surface area contributed by atoms with E-state index in [2.05, 4.69) is 4.98 Å². The number of fused-ring (bicyclic) bond motifs is 1. The largest absolute Gasteiger partial charge is 0.494 e. The summed E-state index contributed by atoms with van der Waals surface area (Å²) in [6.07, 6.45) is 6.45. The molecular formula is C26H36N2O5. The summed E-state index contributed by atoms with van der Waals surface area (Å²) < 4.78 is 11.0. The zero-order valence-corrected chi connectivity index (χ0v) is 19.8. The van der Waals surface area contributed by atoms with Gasteiger partial charge in [0.2, 0.25) is 11.5 Å². The molecule has 1 aliphatic rings. The third-order valence-electron chi connectivity index (χ3n) is 6.45. The van der Waals surface area contributed by atoms with E-state index in [-0.39, 0.29) is 17.4 Å². The highest BCUT2D eigenvalue weighted by Crippen LogP contribution is 2.29. The molecule has 0 bridgehead atoms. The number of ether oxygens (including phenoxy) is 2. The zero-order chi connectivity index (χ0) is 23.6. The Bertz CT molecular complexity index is 978. The molecule has 0 saturated heterocycles. The number of nitrogens with zero attached hydrogens (tertiary/aromatic N) is 1. The van der Waals surface area contributed by atoms with Crippen LogP contribution in [0.2, 0.25) is 0 Å². The summed E-state index contributed by atoms with van der Waals surface area (Å²) in [5, 5.41) is 0.932. The van der Waals surface area contributed by atoms with Crippen molar-refractivity contribution in [1.29, 1.82) is 0 Å². The predicted octanol–water partition coefficient (Wildman–Crippen LogP) is 4.30. The first-order chi connectivity index (χ1) is 15.9. The van der Waals surface area contributed by atoms with Crippen molar-refractivity contribution in [3.63, 3.8) is 0 Å². The molecule has 1 aromatic carbocycles. The van der Waals surface area contributed by atoms with Crippen molar-refractivity contribution < 1.29 is 19.1 Å². The maximum atomic E-state index is 12.7. The Labute approximate surface area is 195 Å². The molecule has 7 nitrogen and oxygen atoms in total. The van der Waals surface area contributed by atoms with E-state index in [0.717, 1.165) is 68.3 Å². The van der Waals surface area contributed by atoms with Gasteiger partial charge in [-0.05, 0) is 81.5 Å². The van der Waals surface area contributed by atoms with E-state index in [1.54, 1.807) is 6.07 Å². The lowest BCUT2D eigenvalue weighted by Crippen LogP contribution is -2.36. The highest BCUT2D eigenvalue weighted by Gasteiger charge is 2.24. The third kappa shape index (κ3) is 7.91. The van der Waals surface area contributed by atoms with Crippen molar-refractivity contribution in [2.24, 2.45) is 11.8 Å². The standard InChI is InChI=1S/C26H36N2O5/c1-3-28(17-20-7-9-21(10-8-20)18-33-19(2)29)26(31)6-4-5-15-32-23-12-13-24-22(16-23)11-14-25(30)27-24/h11-14,16,20-21H,3-10,15,17-18H2,1-2H3,(H,27,30). The average molecular weight is 457 g/mol. The van der Waals surface area contributed by atoms with Crippen LogP contribution in [0.5, 0.6) is 5.75 Å². The fourth-order valence-electron chi connectivity index (χ4n) is 4.48. The molecule has 33 heavy (non-hydrogen) atoms. The van der Waals surface area contributed by atoms with Gasteiger partial charge in [-0.3, -0.25) is 14.4 Å². The molecule has 1 N–H and O–H groups in total. The van der Waals surface area contributed by atoms with Crippen molar-refractivity contribution >= 4 is 22.8 Å². The maximum absolute atomic E-state index is 12.7. The van der Waals surface area contributed by atoms with Crippen LogP contribution >= 0.6 is 0 Å². The van der Waals surface area contributed by atoms with Crippen LogP contribution in [0.4, 0.5) is 0 Å². The van der Waals surface area contributed by atoms with E-state index < -0.39 is 0 Å². The lowest BCUT2D eigenvalue weighted by molar-refractivity contribution is -0.143. The smallest absolute Gasteiger partial charge is 0.302 e. The van der Waals surface area contributed by atoms with Gasteiger partial charge in [-0.1, -0.05) is 0 Å². The molecular weight excluding hydrogens is 420 g/mol. The molecule has 0 spiro atoms. The van der Waals surface area contributed by atoms with Crippen molar-refractivity contribution in [2.45, 2.75) is 58.8 Å². The first-order valence-corrected chi connectivity index (χ1v) is 12.1. The molecule has 0 atom stereocenters. The fraction of sp³-hybridized carbons (Fsp3) is 0.577. The molecule has 2 aromatic rings. The van der Waals surface area contributed by atoms with Crippen LogP contribution < -0.4 is 10.3 Å². The Morgan fingerprint density at radius 2 is 1.82 bits per heavy atom. The van der Waals surface area contributed by atoms with Crippen LogP contribution in [0.15, 0.2) is 35.1 Å². The van der Waals surface area contributed by atoms with Crippen LogP contribution in [0.25, 0.3) is 10.9 Å². The van der Waals surface area contributed by atoms with Crippen molar-refractivity contribution in [1.82, 2.24) is 9.88 Å². The van der Waals surface area contributed by atoms with Gasteiger partial charge >= 0.3 is 5.97 Å². The summed E-state index contributed by atoms with van der Waals surface area (Å²) in [7, 11) is 0. The molecule has 180 valence electrons. The van der Waals surface area contributed by atoms with Crippen molar-refractivity contribution in [3.8, 4) is 5.75 Å². The number of carbonyl (C=O) groups excluding carboxylic acids is 2. The number of carbonyl (C=O) groups is 2. The van der Waals surface area contributed by atoms with Gasteiger partial charge in [0.1, 0.15) is 5.75 Å². The van der Waals surface area contributed by atoms with E-state index in [9.17, 15) is 14.4 Å². The Morgan fingerprint density at radius 3 is 2.55 bits per heavy atom. The molecule has 3 rings (SSSR count). The minimum absolute atomic E-state index is 0.117. The summed E-state index contributed by atoms with van der Waals surface area (Å²) >= 11 is 0. The third-order valence-corrected chi connectivity index (χ3v) is 6.45. The topological polar surface area (TPSA) is 88.7 Å². The highest BCUT2D eigenvalue weighted by atomic mass is 16.5. The van der Waals surface area contributed by atoms with Crippen molar-refractivity contribution in [2.75, 3.05) is 26.3 Å². The lowest BCUT2D eigenvalue weighted by atomic mass is 9.82. The zero-order valence-electron chi connectivity index (χ0n) is 19.8. The van der Waals surface area contributed by atoms with Gasteiger partial charge in [-0.2, -0.15) is 0 Å². The lowest BCUT2D eigenvalue weighted by Gasteiger charge is -2.32. The first-order valence-electron chi connectivity index (χ1n) is 12.1. The number of pyridine rings is 1. The number of H-pyrrole nitrogens is 1. The molecule has 0 aliphatic heterocycles. The SMILES string of the molecule is CCN(CC1CCC(COC(C)=O)CC1)C(=O)CCCCOc1ccc2[nH]c(=O)ccc2c1. The number of unbranched alkanes of at least 4 members (excludes halogenated alkanes) is 1. The summed E-state index contributed by atoms with van der Waals surface area (Å²) in [5.41, 5.74) is 0.673. The normalized spacial score (nSPS) is 18.1. The summed E-state index contributed by atoms with van der Waals surface area (Å²) in [4.78, 5) is 39.8. The fourth-order valence-corrected chi connectivity index (χ4v) is 4.48. The number of hydrogen-bond acceptors (Lipinski definition) is 5. The van der Waals surface area contributed by atoms with E-state index in [4.69, 9.17) is 9.47 Å². The van der Waals surface area contributed by atoms with E-state index in [0.29, 0.717) is 31.5 Å². The van der Waals surface area contributed by atoms with Gasteiger partial charge in [-0.25, -0.2) is 0 Å². The average Bonchev–Trinajstić information content (AvgIpc) is 2.81. The van der Waals surface area contributed by atoms with Gasteiger partial charge in [0.15, 0.2) is 0 Å². The number of amides is 1. The molecule has 1 aromatic heterocycles. The van der Waals surface area contributed by atoms with Crippen LogP contribution in [0.1, 0.15) is 58.8 Å². The number of aromatic nitrogens is 1. The second-order valence-corrected chi connectivity index (χ2v) is 9.00. The second kappa shape index (κ2) is 12.4. The van der Waals surface area contributed by atoms with E-state index >= 15 is 0 Å². The monoisotopic (exact) mass is 456 g/mol. The van der Waals surface area contributed by atoms with Crippen molar-refractivity contribution in [3.05, 3.63) is 40.7 Å². The predicted molar refractivity (Wildman–Crippen MR) is 128 cm³/mol. The molecule has 0 radical (unpaired) electrons. The van der Waals surface area contributed by atoms with Crippen LogP contribution in [0.3, 0.4) is 0 Å². The van der Waals surface area contributed by atoms with Crippen LogP contribution in [-0.2, 0) is 14.3 Å². The number of esters is 1. The van der Waals surface area contributed by atoms with E-state index in [1.807, 2.05) is 30.0 Å². The Kier molecular flexibility index (Phi) is 9.34. The number of nitrogens with one attached hydrogen (secondary N) is 1. The number of rotatable bonds is 11. The summed E-state index contributed by atoms with van der Waals surface area (Å²) in [6.45, 7) is 6.14. The maximum Gasteiger partial charge on any atom is 0.302 e. The van der Waals surface area contributed by atoms with Gasteiger partial charge < -0.3 is 19.4 Å². The number of aromatic amines is 1. The molecule has 1 saturated carbocycles. The van der Waals surface area contributed by atoms with E-state index in [1.165, 1.54) is 13.0 Å². The van der Waals surface area contributed by atoms with Gasteiger partial charge in [0.25, 0.3) is 0 Å². The Hall–Kier alpha value is -2.83. The molecule has 0 unspecified atom stereocenters. The molecule has 1 heterocycles. The van der Waals surface area contributed by atoms with Gasteiger partial charge in [-0.15, -0.1) is 0 Å². The number of hydrogen-bond donors (Lipinski definition) is 1. The van der Waals surface area contributed by atoms with Gasteiger partial charge in [0, 0.05) is 43.4 Å². The Morgan fingerprint density at radius 1 is 1.06 bits per heavy atom. The highest BCUT2D eigenvalue weighted by molar-refractivity contribution is 5.79. The Balaban J connectivity index is 1.33. The first kappa shape index (κ1) is 24.8. The molecule has 1 amide bonds. The number of benzene rings is 1. The second-order valence-electron chi connectivity index (χ2n) is 9.00. The summed E-state index contributed by atoms with van der Waals surface area (Å²) in [5.74, 6) is 1.77. The van der Waals surface area contributed by atoms with Gasteiger partial charge in [0.05, 0.1) is 13.2 Å². The minimum Gasteiger partial charge on any atom is -0.494 e. The summed E-state index contributed by atoms with van der Waals surface area (Å²) in [6, 6.07) is 8.90. The van der Waals surface area contributed by atoms with Crippen LogP contribution in [-0.4, -0.2) is 48.1 Å².